The molecule has 0 radical (unpaired) electrons. The number of carbonyl (C=O) groups is 2. The molecule has 2 aromatic rings. The molecule has 0 bridgehead atoms. The Kier molecular flexibility index (Phi) is 5.75. The van der Waals surface area contributed by atoms with Crippen molar-refractivity contribution in [2.24, 2.45) is 0 Å². The van der Waals surface area contributed by atoms with Gasteiger partial charge in [-0.1, -0.05) is 0 Å². The van der Waals surface area contributed by atoms with E-state index in [-0.39, 0.29) is 18.9 Å². The van der Waals surface area contributed by atoms with Gasteiger partial charge in [0.2, 0.25) is 5.91 Å². The van der Waals surface area contributed by atoms with E-state index in [0.29, 0.717) is 12.0 Å². The molecule has 2 rings (SSSR count). The lowest BCUT2D eigenvalue weighted by atomic mass is 10.2. The highest BCUT2D eigenvalue weighted by Gasteiger charge is 2.15. The van der Waals surface area contributed by atoms with Gasteiger partial charge in [0, 0.05) is 23.9 Å². The van der Waals surface area contributed by atoms with Crippen LogP contribution < -0.4 is 10.6 Å². The Balaban J connectivity index is 1.75. The molecule has 0 unspecified atom stereocenters. The molecule has 1 aromatic heterocycles. The Labute approximate surface area is 134 Å². The molecular weight excluding hydrogens is 329 g/mol. The Morgan fingerprint density at radius 1 is 1.09 bits per heavy atom. The molecule has 1 aromatic carbocycles. The normalized spacial score (nSPS) is 10.4. The van der Waals surface area contributed by atoms with Crippen molar-refractivity contribution in [2.75, 3.05) is 11.9 Å². The predicted molar refractivity (Wildman–Crippen MR) is 80.8 cm³/mol. The smallest absolute Gasteiger partial charge is 0.252 e. The Hall–Kier alpha value is -2.35. The lowest BCUT2D eigenvalue weighted by molar-refractivity contribution is -0.116. The van der Waals surface area contributed by atoms with Gasteiger partial charge in [0.25, 0.3) is 5.91 Å². The van der Waals surface area contributed by atoms with E-state index < -0.39 is 29.0 Å². The van der Waals surface area contributed by atoms with Gasteiger partial charge < -0.3 is 10.6 Å². The summed E-state index contributed by atoms with van der Waals surface area (Å²) >= 11 is 1.40. The number of nitrogens with one attached hydrogen (secondary N) is 2. The first-order chi connectivity index (χ1) is 11.0. The zero-order chi connectivity index (χ0) is 16.8. The molecule has 0 spiro atoms. The lowest BCUT2D eigenvalue weighted by Crippen LogP contribution is -2.25. The third kappa shape index (κ3) is 4.56. The van der Waals surface area contributed by atoms with Crippen LogP contribution in [0.15, 0.2) is 29.0 Å². The number of anilines is 1. The molecule has 2 amide bonds. The third-order valence-corrected chi connectivity index (χ3v) is 3.64. The van der Waals surface area contributed by atoms with E-state index in [1.165, 1.54) is 11.3 Å². The fourth-order valence-electron chi connectivity index (χ4n) is 1.78. The lowest BCUT2D eigenvalue weighted by Gasteiger charge is -2.08. The van der Waals surface area contributed by atoms with E-state index in [1.54, 1.807) is 16.8 Å². The fraction of sp³-hybridized carbons (Fsp3) is 0.200. The molecule has 0 atom stereocenters. The van der Waals surface area contributed by atoms with Crippen molar-refractivity contribution in [2.45, 2.75) is 12.8 Å². The maximum Gasteiger partial charge on any atom is 0.252 e. The van der Waals surface area contributed by atoms with Crippen molar-refractivity contribution in [3.05, 3.63) is 52.0 Å². The summed E-state index contributed by atoms with van der Waals surface area (Å²) in [5, 5.41) is 8.28. The Morgan fingerprint density at radius 2 is 1.87 bits per heavy atom. The third-order valence-electron chi connectivity index (χ3n) is 2.96. The van der Waals surface area contributed by atoms with Crippen molar-refractivity contribution in [1.82, 2.24) is 5.32 Å². The SMILES string of the molecule is O=C(CCCNC(=O)c1ccsc1)Nc1ccc(F)c(F)c1F. The van der Waals surface area contributed by atoms with Crippen molar-refractivity contribution < 1.29 is 22.8 Å². The topological polar surface area (TPSA) is 58.2 Å². The van der Waals surface area contributed by atoms with Crippen LogP contribution in [0, 0.1) is 17.5 Å². The molecule has 0 aliphatic rings. The van der Waals surface area contributed by atoms with Gasteiger partial charge in [-0.25, -0.2) is 13.2 Å². The fourth-order valence-corrected chi connectivity index (χ4v) is 2.42. The summed E-state index contributed by atoms with van der Waals surface area (Å²) in [4.78, 5) is 23.3. The van der Waals surface area contributed by atoms with Gasteiger partial charge in [0.05, 0.1) is 5.69 Å². The molecule has 0 saturated carbocycles. The van der Waals surface area contributed by atoms with Gasteiger partial charge in [0.1, 0.15) is 0 Å². The molecule has 8 heteroatoms. The first-order valence-electron chi connectivity index (χ1n) is 6.73. The largest absolute Gasteiger partial charge is 0.352 e. The number of halogens is 3. The van der Waals surface area contributed by atoms with Crippen molar-refractivity contribution >= 4 is 28.8 Å². The van der Waals surface area contributed by atoms with Crippen LogP contribution in [0.4, 0.5) is 18.9 Å². The highest BCUT2D eigenvalue weighted by atomic mass is 32.1. The molecule has 1 heterocycles. The summed E-state index contributed by atoms with van der Waals surface area (Å²) in [6.45, 7) is 0.266. The van der Waals surface area contributed by atoms with Crippen LogP contribution in [0.5, 0.6) is 0 Å². The number of rotatable bonds is 6. The van der Waals surface area contributed by atoms with Crippen LogP contribution in [0.25, 0.3) is 0 Å². The summed E-state index contributed by atoms with van der Waals surface area (Å²) in [5.74, 6) is -5.19. The van der Waals surface area contributed by atoms with Gasteiger partial charge in [-0.3, -0.25) is 9.59 Å². The number of thiophene rings is 1. The second-order valence-corrected chi connectivity index (χ2v) is 5.42. The van der Waals surface area contributed by atoms with Crippen molar-refractivity contribution in [1.29, 1.82) is 0 Å². The average molecular weight is 342 g/mol. The predicted octanol–water partition coefficient (Wildman–Crippen LogP) is 3.31. The maximum atomic E-state index is 13.4. The Bertz CT molecular complexity index is 705. The van der Waals surface area contributed by atoms with Gasteiger partial charge in [0.15, 0.2) is 17.5 Å². The molecule has 122 valence electrons. The number of carbonyl (C=O) groups excluding carboxylic acids is 2. The van der Waals surface area contributed by atoms with Crippen LogP contribution in [0.1, 0.15) is 23.2 Å². The minimum Gasteiger partial charge on any atom is -0.352 e. The van der Waals surface area contributed by atoms with Crippen LogP contribution in [-0.2, 0) is 4.79 Å². The molecule has 0 saturated heterocycles. The Morgan fingerprint density at radius 3 is 2.57 bits per heavy atom. The first-order valence-corrected chi connectivity index (χ1v) is 7.67. The standard InChI is InChI=1S/C15H13F3N2O2S/c16-10-3-4-11(14(18)13(10)17)20-12(21)2-1-6-19-15(22)9-5-7-23-8-9/h3-5,7-8H,1-2,6H2,(H,19,22)(H,20,21). The van der Waals surface area contributed by atoms with Crippen molar-refractivity contribution in [3.8, 4) is 0 Å². The highest BCUT2D eigenvalue weighted by Crippen LogP contribution is 2.19. The van der Waals surface area contributed by atoms with Gasteiger partial charge >= 0.3 is 0 Å². The number of amides is 2. The second-order valence-electron chi connectivity index (χ2n) is 4.64. The van der Waals surface area contributed by atoms with E-state index in [2.05, 4.69) is 10.6 Å². The minimum atomic E-state index is -1.63. The number of hydrogen-bond donors (Lipinski definition) is 2. The average Bonchev–Trinajstić information content (AvgIpc) is 3.06. The van der Waals surface area contributed by atoms with Gasteiger partial charge in [-0.05, 0) is 30.0 Å². The summed E-state index contributed by atoms with van der Waals surface area (Å²) in [6, 6.07) is 3.36. The van der Waals surface area contributed by atoms with Crippen LogP contribution in [0.2, 0.25) is 0 Å². The summed E-state index contributed by atoms with van der Waals surface area (Å²) in [6.07, 6.45) is 0.329. The second kappa shape index (κ2) is 7.77. The van der Waals surface area contributed by atoms with Gasteiger partial charge in [-0.15, -0.1) is 0 Å². The van der Waals surface area contributed by atoms with Crippen LogP contribution in [-0.4, -0.2) is 18.4 Å². The minimum absolute atomic E-state index is 0.00233. The molecule has 23 heavy (non-hydrogen) atoms. The molecule has 0 fully saturated rings. The highest BCUT2D eigenvalue weighted by molar-refractivity contribution is 7.08. The summed E-state index contributed by atoms with van der Waals surface area (Å²) in [7, 11) is 0. The molecule has 2 N–H and O–H groups in total. The van der Waals surface area contributed by atoms with E-state index >= 15 is 0 Å². The quantitative estimate of drug-likeness (QED) is 0.625. The zero-order valence-electron chi connectivity index (χ0n) is 11.9. The van der Waals surface area contributed by atoms with Crippen LogP contribution in [0.3, 0.4) is 0 Å². The molecule has 0 aliphatic heterocycles. The number of hydrogen-bond acceptors (Lipinski definition) is 3. The van der Waals surface area contributed by atoms with E-state index in [9.17, 15) is 22.8 Å². The van der Waals surface area contributed by atoms with E-state index in [1.807, 2.05) is 0 Å². The van der Waals surface area contributed by atoms with E-state index in [0.717, 1.165) is 12.1 Å². The zero-order valence-corrected chi connectivity index (χ0v) is 12.7. The van der Waals surface area contributed by atoms with Crippen LogP contribution >= 0.6 is 11.3 Å². The molecular formula is C15H13F3N2O2S. The molecule has 4 nitrogen and oxygen atoms in total. The van der Waals surface area contributed by atoms with Crippen molar-refractivity contribution in [3.63, 3.8) is 0 Å². The molecule has 0 aliphatic carbocycles. The monoisotopic (exact) mass is 342 g/mol. The van der Waals surface area contributed by atoms with E-state index in [4.69, 9.17) is 0 Å². The summed E-state index contributed by atoms with van der Waals surface area (Å²) < 4.78 is 39.2. The maximum absolute atomic E-state index is 13.4. The van der Waals surface area contributed by atoms with Gasteiger partial charge in [-0.2, -0.15) is 11.3 Å². The summed E-state index contributed by atoms with van der Waals surface area (Å²) in [5.41, 5.74) is 0.125. The number of benzene rings is 1. The first kappa shape index (κ1) is 17.0.